The van der Waals surface area contributed by atoms with E-state index in [9.17, 15) is 0 Å². The van der Waals surface area contributed by atoms with Crippen molar-refractivity contribution in [1.82, 2.24) is 10.2 Å². The number of nitrogens with zero attached hydrogens (tertiary/aromatic N) is 1. The lowest BCUT2D eigenvalue weighted by Gasteiger charge is -2.38. The molecule has 0 aliphatic carbocycles. The van der Waals surface area contributed by atoms with Crippen LogP contribution in [0.1, 0.15) is 18.9 Å². The zero-order valence-electron chi connectivity index (χ0n) is 10.5. The zero-order chi connectivity index (χ0) is 12.1. The minimum absolute atomic E-state index is 0.269. The van der Waals surface area contributed by atoms with E-state index in [1.54, 1.807) is 0 Å². The van der Waals surface area contributed by atoms with Crippen molar-refractivity contribution in [2.75, 3.05) is 19.7 Å². The number of hydrogen-bond acceptors (Lipinski definition) is 3. The minimum Gasteiger partial charge on any atom is -0.396 e. The van der Waals surface area contributed by atoms with Gasteiger partial charge in [-0.2, -0.15) is 0 Å². The van der Waals surface area contributed by atoms with E-state index in [2.05, 4.69) is 47.5 Å². The van der Waals surface area contributed by atoms with Gasteiger partial charge in [0.1, 0.15) is 0 Å². The topological polar surface area (TPSA) is 35.5 Å². The average molecular weight is 234 g/mol. The maximum Gasteiger partial charge on any atom is 0.0446 e. The number of rotatable bonds is 4. The summed E-state index contributed by atoms with van der Waals surface area (Å²) in [5.74, 6) is 0. The second-order valence-corrected chi connectivity index (χ2v) is 4.88. The van der Waals surface area contributed by atoms with Gasteiger partial charge in [-0.3, -0.25) is 4.90 Å². The van der Waals surface area contributed by atoms with Gasteiger partial charge in [0.2, 0.25) is 0 Å². The Balaban J connectivity index is 1.94. The number of piperazine rings is 1. The Bertz CT molecular complexity index is 328. The monoisotopic (exact) mass is 234 g/mol. The van der Waals surface area contributed by atoms with Crippen LogP contribution >= 0.6 is 0 Å². The number of aliphatic hydroxyl groups is 1. The van der Waals surface area contributed by atoms with E-state index >= 15 is 0 Å². The van der Waals surface area contributed by atoms with Crippen LogP contribution in [0.5, 0.6) is 0 Å². The Morgan fingerprint density at radius 2 is 2.12 bits per heavy atom. The Kier molecular flexibility index (Phi) is 4.54. The summed E-state index contributed by atoms with van der Waals surface area (Å²) >= 11 is 0. The average Bonchev–Trinajstić information content (AvgIpc) is 2.35. The van der Waals surface area contributed by atoms with E-state index < -0.39 is 0 Å². The highest BCUT2D eigenvalue weighted by atomic mass is 16.3. The molecule has 1 aromatic rings. The molecule has 1 fully saturated rings. The van der Waals surface area contributed by atoms with Crippen LogP contribution in [0.3, 0.4) is 0 Å². The summed E-state index contributed by atoms with van der Waals surface area (Å²) < 4.78 is 0. The van der Waals surface area contributed by atoms with E-state index in [1.165, 1.54) is 5.56 Å². The predicted molar refractivity (Wildman–Crippen MR) is 69.8 cm³/mol. The maximum absolute atomic E-state index is 9.00. The number of hydrogen-bond donors (Lipinski definition) is 2. The molecular formula is C14H22N2O. The zero-order valence-corrected chi connectivity index (χ0v) is 10.5. The molecule has 0 unspecified atom stereocenters. The Labute approximate surface area is 103 Å². The van der Waals surface area contributed by atoms with Crippen molar-refractivity contribution in [2.24, 2.45) is 0 Å². The molecule has 0 saturated carbocycles. The molecule has 1 aliphatic rings. The molecule has 0 bridgehead atoms. The van der Waals surface area contributed by atoms with Gasteiger partial charge >= 0.3 is 0 Å². The van der Waals surface area contributed by atoms with Gasteiger partial charge in [0.25, 0.3) is 0 Å². The smallest absolute Gasteiger partial charge is 0.0446 e. The van der Waals surface area contributed by atoms with Gasteiger partial charge in [-0.15, -0.1) is 0 Å². The summed E-state index contributed by atoms with van der Waals surface area (Å²) in [7, 11) is 0. The summed E-state index contributed by atoms with van der Waals surface area (Å²) in [6.45, 7) is 5.57. The fraction of sp³-hybridized carbons (Fsp3) is 0.571. The Morgan fingerprint density at radius 3 is 2.82 bits per heavy atom. The highest BCUT2D eigenvalue weighted by Crippen LogP contribution is 2.13. The van der Waals surface area contributed by atoms with E-state index in [0.717, 1.165) is 26.1 Å². The summed E-state index contributed by atoms with van der Waals surface area (Å²) in [5, 5.41) is 12.5. The minimum atomic E-state index is 0.269. The van der Waals surface area contributed by atoms with Gasteiger partial charge in [-0.25, -0.2) is 0 Å². The van der Waals surface area contributed by atoms with Crippen LogP contribution in [0.2, 0.25) is 0 Å². The van der Waals surface area contributed by atoms with Crippen LogP contribution in [-0.2, 0) is 6.54 Å². The predicted octanol–water partition coefficient (Wildman–Crippen LogP) is 1.23. The standard InChI is InChI=1S/C14H22N2O/c1-12-9-15-14(7-8-17)11-16(12)10-13-5-3-2-4-6-13/h2-6,12,14-15,17H,7-11H2,1H3/t12-,14+/m0/s1. The first-order valence-corrected chi connectivity index (χ1v) is 6.42. The molecule has 0 amide bonds. The quantitative estimate of drug-likeness (QED) is 0.822. The molecule has 3 nitrogen and oxygen atoms in total. The highest BCUT2D eigenvalue weighted by molar-refractivity contribution is 5.14. The molecule has 1 aromatic carbocycles. The summed E-state index contributed by atoms with van der Waals surface area (Å²) in [6, 6.07) is 11.6. The fourth-order valence-corrected chi connectivity index (χ4v) is 2.38. The molecule has 2 N–H and O–H groups in total. The van der Waals surface area contributed by atoms with Crippen LogP contribution in [0.4, 0.5) is 0 Å². The third kappa shape index (κ3) is 3.53. The van der Waals surface area contributed by atoms with Gasteiger partial charge in [0, 0.05) is 38.3 Å². The van der Waals surface area contributed by atoms with Crippen molar-refractivity contribution in [3.8, 4) is 0 Å². The lowest BCUT2D eigenvalue weighted by atomic mass is 10.1. The van der Waals surface area contributed by atoms with Gasteiger partial charge in [-0.1, -0.05) is 30.3 Å². The number of nitrogens with one attached hydrogen (secondary N) is 1. The van der Waals surface area contributed by atoms with Crippen molar-refractivity contribution in [3.63, 3.8) is 0 Å². The normalized spacial score (nSPS) is 26.0. The molecule has 2 rings (SSSR count). The number of aliphatic hydroxyl groups excluding tert-OH is 1. The van der Waals surface area contributed by atoms with Gasteiger partial charge in [0.15, 0.2) is 0 Å². The molecule has 17 heavy (non-hydrogen) atoms. The van der Waals surface area contributed by atoms with Crippen LogP contribution in [0.25, 0.3) is 0 Å². The summed E-state index contributed by atoms with van der Waals surface area (Å²) in [5.41, 5.74) is 1.36. The van der Waals surface area contributed by atoms with Crippen molar-refractivity contribution in [3.05, 3.63) is 35.9 Å². The first-order valence-electron chi connectivity index (χ1n) is 6.42. The molecule has 1 saturated heterocycles. The maximum atomic E-state index is 9.00. The molecule has 0 radical (unpaired) electrons. The molecule has 1 aliphatic heterocycles. The third-order valence-electron chi connectivity index (χ3n) is 3.49. The highest BCUT2D eigenvalue weighted by Gasteiger charge is 2.24. The van der Waals surface area contributed by atoms with Crippen LogP contribution < -0.4 is 5.32 Å². The third-order valence-corrected chi connectivity index (χ3v) is 3.49. The van der Waals surface area contributed by atoms with Crippen molar-refractivity contribution in [1.29, 1.82) is 0 Å². The van der Waals surface area contributed by atoms with Gasteiger partial charge in [-0.05, 0) is 18.9 Å². The molecular weight excluding hydrogens is 212 g/mol. The Hall–Kier alpha value is -0.900. The molecule has 0 aromatic heterocycles. The van der Waals surface area contributed by atoms with E-state index in [1.807, 2.05) is 0 Å². The lowest BCUT2D eigenvalue weighted by Crippen LogP contribution is -2.55. The second kappa shape index (κ2) is 6.15. The lowest BCUT2D eigenvalue weighted by molar-refractivity contribution is 0.120. The van der Waals surface area contributed by atoms with Crippen molar-refractivity contribution >= 4 is 0 Å². The van der Waals surface area contributed by atoms with Crippen LogP contribution in [-0.4, -0.2) is 41.8 Å². The number of benzene rings is 1. The molecule has 2 atom stereocenters. The second-order valence-electron chi connectivity index (χ2n) is 4.88. The van der Waals surface area contributed by atoms with Gasteiger partial charge in [0.05, 0.1) is 0 Å². The van der Waals surface area contributed by atoms with Crippen molar-refractivity contribution in [2.45, 2.75) is 32.0 Å². The Morgan fingerprint density at radius 1 is 1.35 bits per heavy atom. The van der Waals surface area contributed by atoms with E-state index in [4.69, 9.17) is 5.11 Å². The molecule has 0 spiro atoms. The first kappa shape index (κ1) is 12.6. The fourth-order valence-electron chi connectivity index (χ4n) is 2.38. The summed E-state index contributed by atoms with van der Waals surface area (Å²) in [6.07, 6.45) is 0.845. The van der Waals surface area contributed by atoms with Crippen LogP contribution in [0, 0.1) is 0 Å². The SMILES string of the molecule is C[C@H]1CN[C@H](CCO)CN1Cc1ccccc1. The largest absolute Gasteiger partial charge is 0.396 e. The van der Waals surface area contributed by atoms with E-state index in [-0.39, 0.29) is 6.61 Å². The van der Waals surface area contributed by atoms with Crippen molar-refractivity contribution < 1.29 is 5.11 Å². The first-order chi connectivity index (χ1) is 8.29. The van der Waals surface area contributed by atoms with E-state index in [0.29, 0.717) is 12.1 Å². The summed E-state index contributed by atoms with van der Waals surface area (Å²) in [4.78, 5) is 2.49. The van der Waals surface area contributed by atoms with Gasteiger partial charge < -0.3 is 10.4 Å². The molecule has 3 heteroatoms. The molecule has 94 valence electrons. The molecule has 1 heterocycles. The van der Waals surface area contributed by atoms with Crippen LogP contribution in [0.15, 0.2) is 30.3 Å².